The summed E-state index contributed by atoms with van der Waals surface area (Å²) in [6.07, 6.45) is 0. The monoisotopic (exact) mass is 480 g/mol. The van der Waals surface area contributed by atoms with Crippen molar-refractivity contribution in [3.05, 3.63) is 82.5 Å². The van der Waals surface area contributed by atoms with Crippen LogP contribution in [0.5, 0.6) is 28.7 Å². The number of aryl methyl sites for hydroxylation is 1. The number of H-pyrrole nitrogens is 1. The van der Waals surface area contributed by atoms with E-state index in [2.05, 4.69) is 26.1 Å². The van der Waals surface area contributed by atoms with E-state index in [0.717, 1.165) is 15.7 Å². The molecule has 0 radical (unpaired) electrons. The molecule has 0 saturated carbocycles. The number of ether oxygens (including phenoxy) is 3. The first-order valence-corrected chi connectivity index (χ1v) is 10.4. The minimum atomic E-state index is 0.0512. The lowest BCUT2D eigenvalue weighted by Gasteiger charge is -2.11. The van der Waals surface area contributed by atoms with Gasteiger partial charge in [-0.15, -0.1) is 0 Å². The van der Waals surface area contributed by atoms with Gasteiger partial charge in [-0.1, -0.05) is 34.1 Å². The van der Waals surface area contributed by atoms with Crippen molar-refractivity contribution in [2.45, 2.75) is 13.5 Å². The Morgan fingerprint density at radius 3 is 2.48 bits per heavy atom. The van der Waals surface area contributed by atoms with Gasteiger partial charge in [-0.3, -0.25) is 5.10 Å². The topological polar surface area (TPSA) is 76.6 Å². The summed E-state index contributed by atoms with van der Waals surface area (Å²) in [5.41, 5.74) is 2.83. The number of nitrogens with zero attached hydrogens (tertiary/aromatic N) is 1. The maximum Gasteiger partial charge on any atom is 0.176 e. The third kappa shape index (κ3) is 4.83. The predicted molar refractivity (Wildman–Crippen MR) is 122 cm³/mol. The van der Waals surface area contributed by atoms with Crippen LogP contribution in [-0.2, 0) is 6.61 Å². The van der Waals surface area contributed by atoms with Crippen LogP contribution in [-0.4, -0.2) is 22.4 Å². The van der Waals surface area contributed by atoms with Gasteiger partial charge in [0.2, 0.25) is 0 Å². The van der Waals surface area contributed by atoms with Gasteiger partial charge in [0.1, 0.15) is 35.3 Å². The number of halogens is 1. The number of aromatic amines is 1. The summed E-state index contributed by atoms with van der Waals surface area (Å²) >= 11 is 3.42. The van der Waals surface area contributed by atoms with Crippen LogP contribution in [0.3, 0.4) is 0 Å². The van der Waals surface area contributed by atoms with E-state index in [9.17, 15) is 5.11 Å². The zero-order valence-corrected chi connectivity index (χ0v) is 18.6. The smallest absolute Gasteiger partial charge is 0.176 e. The van der Waals surface area contributed by atoms with Crippen molar-refractivity contribution in [2.75, 3.05) is 7.11 Å². The van der Waals surface area contributed by atoms with E-state index in [-0.39, 0.29) is 5.75 Å². The first-order valence-electron chi connectivity index (χ1n) is 9.61. The highest BCUT2D eigenvalue weighted by Crippen LogP contribution is 2.40. The SMILES string of the molecule is COc1cccc(Oc2c(-c3ccc(OCc4ccc(Br)cc4)cc3O)n[nH]c2C)c1. The number of rotatable bonds is 7. The highest BCUT2D eigenvalue weighted by molar-refractivity contribution is 9.10. The Bertz CT molecular complexity index is 1190. The van der Waals surface area contributed by atoms with Crippen molar-refractivity contribution < 1.29 is 19.3 Å². The quantitative estimate of drug-likeness (QED) is 0.327. The maximum absolute atomic E-state index is 10.6. The van der Waals surface area contributed by atoms with E-state index in [4.69, 9.17) is 14.2 Å². The highest BCUT2D eigenvalue weighted by atomic mass is 79.9. The Morgan fingerprint density at radius 1 is 0.968 bits per heavy atom. The molecule has 4 aromatic rings. The van der Waals surface area contributed by atoms with Gasteiger partial charge in [0.15, 0.2) is 5.75 Å². The van der Waals surface area contributed by atoms with Gasteiger partial charge in [0.25, 0.3) is 0 Å². The average Bonchev–Trinajstić information content (AvgIpc) is 3.13. The number of aromatic nitrogens is 2. The third-order valence-electron chi connectivity index (χ3n) is 4.70. The van der Waals surface area contributed by atoms with Crippen LogP contribution in [0, 0.1) is 6.92 Å². The molecule has 2 N–H and O–H groups in total. The minimum absolute atomic E-state index is 0.0512. The molecule has 6 nitrogen and oxygen atoms in total. The standard InChI is InChI=1S/C24H21BrN2O4/c1-15-24(31-20-5-3-4-18(12-20)29-2)23(27-26-15)21-11-10-19(13-22(21)28)30-14-16-6-8-17(25)9-7-16/h3-13,28H,14H2,1-2H3,(H,26,27). The molecule has 7 heteroatoms. The molecule has 4 rings (SSSR count). The molecule has 0 saturated heterocycles. The lowest BCUT2D eigenvalue weighted by atomic mass is 10.1. The fraction of sp³-hybridized carbons (Fsp3) is 0.125. The van der Waals surface area contributed by atoms with Gasteiger partial charge >= 0.3 is 0 Å². The van der Waals surface area contributed by atoms with Crippen LogP contribution in [0.1, 0.15) is 11.3 Å². The zero-order chi connectivity index (χ0) is 21.8. The molecule has 0 fully saturated rings. The number of aromatic hydroxyl groups is 1. The van der Waals surface area contributed by atoms with E-state index in [0.29, 0.717) is 40.9 Å². The van der Waals surface area contributed by atoms with Crippen molar-refractivity contribution in [3.8, 4) is 40.0 Å². The van der Waals surface area contributed by atoms with Gasteiger partial charge in [-0.25, -0.2) is 0 Å². The number of benzene rings is 3. The molecule has 3 aromatic carbocycles. The lowest BCUT2D eigenvalue weighted by Crippen LogP contribution is -1.95. The fourth-order valence-corrected chi connectivity index (χ4v) is 3.32. The highest BCUT2D eigenvalue weighted by Gasteiger charge is 2.18. The Kier molecular flexibility index (Phi) is 6.13. The van der Waals surface area contributed by atoms with E-state index < -0.39 is 0 Å². The molecule has 1 heterocycles. The fourth-order valence-electron chi connectivity index (χ4n) is 3.06. The van der Waals surface area contributed by atoms with E-state index in [1.807, 2.05) is 49.4 Å². The Balaban J connectivity index is 1.55. The summed E-state index contributed by atoms with van der Waals surface area (Å²) in [7, 11) is 1.60. The molecule has 0 aliphatic rings. The van der Waals surface area contributed by atoms with Crippen molar-refractivity contribution in [2.24, 2.45) is 0 Å². The third-order valence-corrected chi connectivity index (χ3v) is 5.22. The Hall–Kier alpha value is -3.45. The van der Waals surface area contributed by atoms with Gasteiger partial charge < -0.3 is 19.3 Å². The van der Waals surface area contributed by atoms with Crippen LogP contribution in [0.25, 0.3) is 11.3 Å². The molecule has 0 amide bonds. The van der Waals surface area contributed by atoms with Crippen LogP contribution in [0.15, 0.2) is 71.2 Å². The average molecular weight is 481 g/mol. The van der Waals surface area contributed by atoms with E-state index in [1.54, 1.807) is 31.4 Å². The molecule has 158 valence electrons. The van der Waals surface area contributed by atoms with Crippen LogP contribution in [0.4, 0.5) is 0 Å². The molecular weight excluding hydrogens is 460 g/mol. The molecule has 1 aromatic heterocycles. The summed E-state index contributed by atoms with van der Waals surface area (Å²) < 4.78 is 18.1. The molecular formula is C24H21BrN2O4. The number of nitrogens with one attached hydrogen (secondary N) is 1. The maximum atomic E-state index is 10.6. The summed E-state index contributed by atoms with van der Waals surface area (Å²) in [5, 5.41) is 17.9. The molecule has 0 bridgehead atoms. The van der Waals surface area contributed by atoms with Crippen molar-refractivity contribution in [3.63, 3.8) is 0 Å². The Labute approximate surface area is 188 Å². The van der Waals surface area contributed by atoms with Gasteiger partial charge in [0.05, 0.1) is 12.8 Å². The Morgan fingerprint density at radius 2 is 1.74 bits per heavy atom. The molecule has 0 spiro atoms. The number of phenolic OH excluding ortho intramolecular Hbond substituents is 1. The van der Waals surface area contributed by atoms with Gasteiger partial charge in [0, 0.05) is 22.2 Å². The van der Waals surface area contributed by atoms with Crippen LogP contribution in [0.2, 0.25) is 0 Å². The van der Waals surface area contributed by atoms with Crippen molar-refractivity contribution in [1.82, 2.24) is 10.2 Å². The number of hydrogen-bond acceptors (Lipinski definition) is 5. The second-order valence-electron chi connectivity index (χ2n) is 6.90. The summed E-state index contributed by atoms with van der Waals surface area (Å²) in [5.74, 6) is 2.45. The molecule has 31 heavy (non-hydrogen) atoms. The second-order valence-corrected chi connectivity index (χ2v) is 7.82. The van der Waals surface area contributed by atoms with Crippen molar-refractivity contribution >= 4 is 15.9 Å². The second kappa shape index (κ2) is 9.14. The van der Waals surface area contributed by atoms with E-state index in [1.165, 1.54) is 0 Å². The first kappa shape index (κ1) is 20.8. The molecule has 0 aliphatic heterocycles. The number of hydrogen-bond donors (Lipinski definition) is 2. The summed E-state index contributed by atoms with van der Waals surface area (Å²) in [4.78, 5) is 0. The predicted octanol–water partition coefficient (Wildman–Crippen LogP) is 6.23. The summed E-state index contributed by atoms with van der Waals surface area (Å²) in [6, 6.07) is 20.3. The molecule has 0 atom stereocenters. The van der Waals surface area contributed by atoms with Crippen LogP contribution >= 0.6 is 15.9 Å². The van der Waals surface area contributed by atoms with Gasteiger partial charge in [-0.05, 0) is 48.9 Å². The molecule has 0 unspecified atom stereocenters. The van der Waals surface area contributed by atoms with E-state index >= 15 is 0 Å². The number of methoxy groups -OCH3 is 1. The van der Waals surface area contributed by atoms with Crippen LogP contribution < -0.4 is 14.2 Å². The van der Waals surface area contributed by atoms with Crippen molar-refractivity contribution in [1.29, 1.82) is 0 Å². The minimum Gasteiger partial charge on any atom is -0.507 e. The zero-order valence-electron chi connectivity index (χ0n) is 17.1. The molecule has 0 aliphatic carbocycles. The van der Waals surface area contributed by atoms with Gasteiger partial charge in [-0.2, -0.15) is 5.10 Å². The summed E-state index contributed by atoms with van der Waals surface area (Å²) in [6.45, 7) is 2.26. The lowest BCUT2D eigenvalue weighted by molar-refractivity contribution is 0.304. The largest absolute Gasteiger partial charge is 0.507 e. The number of phenols is 1. The first-order chi connectivity index (χ1) is 15.0. The normalized spacial score (nSPS) is 10.7.